The Morgan fingerprint density at radius 1 is 0.567 bits per heavy atom. The Bertz CT molecular complexity index is 1050. The first-order valence-electron chi connectivity index (χ1n) is 10.4. The van der Waals surface area contributed by atoms with Crippen molar-refractivity contribution in [1.29, 1.82) is 0 Å². The van der Waals surface area contributed by atoms with Gasteiger partial charge < -0.3 is 0 Å². The summed E-state index contributed by atoms with van der Waals surface area (Å²) in [6.45, 7) is 3.87. The van der Waals surface area contributed by atoms with E-state index in [0.29, 0.717) is 35.5 Å². The van der Waals surface area contributed by atoms with Gasteiger partial charge in [-0.05, 0) is 63.8 Å². The molecule has 2 aromatic carbocycles. The van der Waals surface area contributed by atoms with Crippen molar-refractivity contribution < 1.29 is 16.8 Å². The van der Waals surface area contributed by atoms with E-state index in [-0.39, 0.29) is 24.2 Å². The molecule has 0 amide bonds. The molecular weight excluding hydrogens is 420 g/mol. The monoisotopic (exact) mass is 446 g/mol. The second-order valence-corrected chi connectivity index (χ2v) is 12.5. The average molecular weight is 447 g/mol. The quantitative estimate of drug-likeness (QED) is 0.723. The molecule has 0 N–H and O–H groups in total. The minimum Gasteiger partial charge on any atom is -0.207 e. The number of nitrogens with zero attached hydrogens (tertiary/aromatic N) is 2. The maximum Gasteiger partial charge on any atom is 0.243 e. The molecule has 0 aromatic heterocycles. The van der Waals surface area contributed by atoms with Crippen LogP contribution >= 0.6 is 0 Å². The van der Waals surface area contributed by atoms with Gasteiger partial charge in [-0.1, -0.05) is 35.4 Å². The van der Waals surface area contributed by atoms with Gasteiger partial charge in [-0.2, -0.15) is 8.61 Å². The van der Waals surface area contributed by atoms with Crippen molar-refractivity contribution in [3.8, 4) is 0 Å². The van der Waals surface area contributed by atoms with Crippen LogP contribution in [0.15, 0.2) is 58.3 Å². The van der Waals surface area contributed by atoms with E-state index in [1.165, 1.54) is 0 Å². The number of sulfonamides is 2. The van der Waals surface area contributed by atoms with Crippen molar-refractivity contribution in [2.45, 2.75) is 73.5 Å². The van der Waals surface area contributed by atoms with Gasteiger partial charge in [-0.3, -0.25) is 0 Å². The van der Waals surface area contributed by atoms with Gasteiger partial charge in [0.15, 0.2) is 0 Å². The first-order chi connectivity index (χ1) is 14.2. The molecule has 4 aliphatic rings. The van der Waals surface area contributed by atoms with Crippen LogP contribution in [-0.4, -0.2) is 49.6 Å². The van der Waals surface area contributed by atoms with E-state index in [2.05, 4.69) is 0 Å². The summed E-state index contributed by atoms with van der Waals surface area (Å²) in [5.74, 6) is 0. The predicted octanol–water partition coefficient (Wildman–Crippen LogP) is 3.06. The maximum absolute atomic E-state index is 13.4. The molecule has 0 saturated carbocycles. The Labute approximate surface area is 178 Å². The van der Waals surface area contributed by atoms with Gasteiger partial charge in [0.25, 0.3) is 0 Å². The Kier molecular flexibility index (Phi) is 4.63. The molecule has 0 radical (unpaired) electrons. The highest BCUT2D eigenvalue weighted by Gasteiger charge is 2.57. The number of piperidine rings is 4. The highest BCUT2D eigenvalue weighted by Crippen LogP contribution is 2.48. The second-order valence-electron chi connectivity index (χ2n) is 8.85. The van der Waals surface area contributed by atoms with Crippen molar-refractivity contribution >= 4 is 20.0 Å². The van der Waals surface area contributed by atoms with Gasteiger partial charge >= 0.3 is 0 Å². The van der Waals surface area contributed by atoms with Crippen LogP contribution < -0.4 is 0 Å². The molecular formula is C22H26N2O4S2. The Hall–Kier alpha value is -1.74. The lowest BCUT2D eigenvalue weighted by molar-refractivity contribution is -0.0276. The molecule has 0 spiro atoms. The summed E-state index contributed by atoms with van der Waals surface area (Å²) in [7, 11) is -7.17. The van der Waals surface area contributed by atoms with E-state index in [1.54, 1.807) is 32.9 Å². The average Bonchev–Trinajstić information content (AvgIpc) is 2.67. The van der Waals surface area contributed by atoms with Gasteiger partial charge in [-0.15, -0.1) is 0 Å². The minimum absolute atomic E-state index is 0.136. The summed E-state index contributed by atoms with van der Waals surface area (Å²) in [4.78, 5) is 0.648. The third kappa shape index (κ3) is 3.04. The van der Waals surface area contributed by atoms with Crippen LogP contribution in [0.1, 0.15) is 36.8 Å². The fourth-order valence-electron chi connectivity index (χ4n) is 5.52. The van der Waals surface area contributed by atoms with E-state index in [0.717, 1.165) is 11.1 Å². The number of aryl methyl sites for hydroxylation is 2. The molecule has 0 atom stereocenters. The largest absolute Gasteiger partial charge is 0.243 e. The number of rotatable bonds is 4. The van der Waals surface area contributed by atoms with Crippen molar-refractivity contribution in [3.63, 3.8) is 0 Å². The van der Waals surface area contributed by atoms with Crippen LogP contribution in [0.2, 0.25) is 0 Å². The molecule has 4 bridgehead atoms. The van der Waals surface area contributed by atoms with Crippen LogP contribution in [-0.2, 0) is 20.0 Å². The fraction of sp³-hybridized carbons (Fsp3) is 0.455. The molecule has 6 rings (SSSR count). The molecule has 4 aliphatic heterocycles. The summed E-state index contributed by atoms with van der Waals surface area (Å²) in [6.07, 6.45) is 2.23. The zero-order valence-electron chi connectivity index (χ0n) is 17.1. The van der Waals surface area contributed by atoms with Crippen molar-refractivity contribution in [1.82, 2.24) is 8.61 Å². The predicted molar refractivity (Wildman–Crippen MR) is 114 cm³/mol. The maximum atomic E-state index is 13.4. The number of benzene rings is 2. The van der Waals surface area contributed by atoms with E-state index in [1.807, 2.05) is 38.1 Å². The Balaban J connectivity index is 1.44. The summed E-state index contributed by atoms with van der Waals surface area (Å²) in [6, 6.07) is 13.4. The summed E-state index contributed by atoms with van der Waals surface area (Å²) >= 11 is 0. The topological polar surface area (TPSA) is 74.8 Å². The smallest absolute Gasteiger partial charge is 0.207 e. The highest BCUT2D eigenvalue weighted by molar-refractivity contribution is 7.89. The molecule has 160 valence electrons. The van der Waals surface area contributed by atoms with Crippen LogP contribution in [0.3, 0.4) is 0 Å². The van der Waals surface area contributed by atoms with Gasteiger partial charge in [0, 0.05) is 24.2 Å². The zero-order valence-corrected chi connectivity index (χ0v) is 18.7. The Morgan fingerprint density at radius 3 is 1.10 bits per heavy atom. The van der Waals surface area contributed by atoms with Crippen molar-refractivity contribution in [3.05, 3.63) is 59.7 Å². The van der Waals surface area contributed by atoms with Crippen LogP contribution in [0.5, 0.6) is 0 Å². The lowest BCUT2D eigenvalue weighted by atomic mass is 9.76. The van der Waals surface area contributed by atoms with E-state index in [9.17, 15) is 16.8 Å². The normalized spacial score (nSPS) is 29.4. The fourth-order valence-corrected chi connectivity index (χ4v) is 9.22. The molecule has 30 heavy (non-hydrogen) atoms. The third-order valence-electron chi connectivity index (χ3n) is 6.81. The zero-order chi connectivity index (χ0) is 21.3. The van der Waals surface area contributed by atoms with Gasteiger partial charge in [-0.25, -0.2) is 16.8 Å². The molecule has 4 saturated heterocycles. The molecule has 4 fully saturated rings. The van der Waals surface area contributed by atoms with Crippen molar-refractivity contribution in [2.24, 2.45) is 0 Å². The molecule has 4 heterocycles. The third-order valence-corrected chi connectivity index (χ3v) is 10.8. The molecule has 6 nitrogen and oxygen atoms in total. The minimum atomic E-state index is -3.59. The Morgan fingerprint density at radius 2 is 0.833 bits per heavy atom. The summed E-state index contributed by atoms with van der Waals surface area (Å²) in [5.41, 5.74) is 2.04. The number of hydrogen-bond donors (Lipinski definition) is 0. The first-order valence-corrected chi connectivity index (χ1v) is 13.3. The van der Waals surface area contributed by atoms with Crippen molar-refractivity contribution in [2.75, 3.05) is 0 Å². The van der Waals surface area contributed by atoms with E-state index in [4.69, 9.17) is 0 Å². The van der Waals surface area contributed by atoms with Gasteiger partial charge in [0.2, 0.25) is 20.0 Å². The molecule has 0 aliphatic carbocycles. The van der Waals surface area contributed by atoms with E-state index < -0.39 is 20.0 Å². The first kappa shape index (κ1) is 20.2. The molecule has 2 aromatic rings. The standard InChI is InChI=1S/C22H26N2O4S2/c1-15-3-7-21(8-4-15)29(25,26)23-17-11-19-13-18(23)14-20(12-17)24(19)30(27,28)22-9-5-16(2)6-10-22/h3-10,17-20H,11-14H2,1-2H3. The van der Waals surface area contributed by atoms with Crippen LogP contribution in [0, 0.1) is 13.8 Å². The highest BCUT2D eigenvalue weighted by atomic mass is 32.2. The molecule has 8 heteroatoms. The van der Waals surface area contributed by atoms with E-state index >= 15 is 0 Å². The summed E-state index contributed by atoms with van der Waals surface area (Å²) in [5, 5.41) is 0. The van der Waals surface area contributed by atoms with Crippen LogP contribution in [0.4, 0.5) is 0 Å². The SMILES string of the molecule is Cc1ccc(S(=O)(=O)N2C3CC4CC2CC(C3)N4S(=O)(=O)c2ccc(C)cc2)cc1. The lowest BCUT2D eigenvalue weighted by Gasteiger charge is -2.59. The number of hydrogen-bond acceptors (Lipinski definition) is 4. The van der Waals surface area contributed by atoms with Gasteiger partial charge in [0.05, 0.1) is 9.79 Å². The van der Waals surface area contributed by atoms with Gasteiger partial charge in [0.1, 0.15) is 0 Å². The molecule has 0 unspecified atom stereocenters. The summed E-state index contributed by atoms with van der Waals surface area (Å²) < 4.78 is 56.8. The second kappa shape index (κ2) is 6.88. The lowest BCUT2D eigenvalue weighted by Crippen LogP contribution is -2.70. The van der Waals surface area contributed by atoms with Crippen LogP contribution in [0.25, 0.3) is 0 Å².